The van der Waals surface area contributed by atoms with Crippen molar-refractivity contribution >= 4 is 37.2 Å². The molecule has 1 atom stereocenters. The van der Waals surface area contributed by atoms with Gasteiger partial charge in [-0.05, 0) is 48.7 Å². The Morgan fingerprint density at radius 2 is 1.97 bits per heavy atom. The number of hydrogen-bond donors (Lipinski definition) is 1. The van der Waals surface area contributed by atoms with Gasteiger partial charge in [0.2, 0.25) is 0 Å². The van der Waals surface area contributed by atoms with Gasteiger partial charge in [0.05, 0.1) is 27.2 Å². The van der Waals surface area contributed by atoms with Crippen molar-refractivity contribution in [1.82, 2.24) is 5.32 Å². The number of halogens is 2. The highest BCUT2D eigenvalue weighted by Crippen LogP contribution is 2.26. The minimum Gasteiger partial charge on any atom is -0.352 e. The standard InChI is InChI=1S/C19H19ClFNO5S2/c20-14-3-1-2-13(10-14)6-8-22-19(23)17-11-15(4-5-18(17)21)29(26,27)16-7-9-28(24,25)12-16/h1-5,10-11,16H,6-9,12H2,(H,22,23). The molecule has 3 rings (SSSR count). The molecule has 1 aliphatic heterocycles. The van der Waals surface area contributed by atoms with E-state index < -0.39 is 48.0 Å². The van der Waals surface area contributed by atoms with Crippen molar-refractivity contribution < 1.29 is 26.0 Å². The average Bonchev–Trinajstić information content (AvgIpc) is 3.02. The lowest BCUT2D eigenvalue weighted by Crippen LogP contribution is -2.27. The first-order valence-corrected chi connectivity index (χ1v) is 12.6. The van der Waals surface area contributed by atoms with E-state index in [9.17, 15) is 26.0 Å². The molecule has 2 aromatic carbocycles. The first-order valence-electron chi connectivity index (χ1n) is 8.85. The Kier molecular flexibility index (Phi) is 6.30. The fraction of sp³-hybridized carbons (Fsp3) is 0.316. The molecule has 0 bridgehead atoms. The fourth-order valence-corrected chi connectivity index (χ4v) is 7.76. The van der Waals surface area contributed by atoms with Crippen molar-refractivity contribution in [2.45, 2.75) is 23.0 Å². The van der Waals surface area contributed by atoms with Crippen LogP contribution >= 0.6 is 11.6 Å². The Morgan fingerprint density at radius 3 is 2.62 bits per heavy atom. The van der Waals surface area contributed by atoms with Crippen molar-refractivity contribution in [3.63, 3.8) is 0 Å². The van der Waals surface area contributed by atoms with E-state index in [1.54, 1.807) is 18.2 Å². The van der Waals surface area contributed by atoms with Gasteiger partial charge in [0.25, 0.3) is 5.91 Å². The van der Waals surface area contributed by atoms with Gasteiger partial charge in [-0.2, -0.15) is 0 Å². The van der Waals surface area contributed by atoms with Gasteiger partial charge in [-0.1, -0.05) is 23.7 Å². The molecule has 1 fully saturated rings. The normalized spacial score (nSPS) is 18.5. The van der Waals surface area contributed by atoms with Gasteiger partial charge < -0.3 is 5.32 Å². The first-order chi connectivity index (χ1) is 13.6. The summed E-state index contributed by atoms with van der Waals surface area (Å²) in [6.45, 7) is 0.205. The molecule has 10 heteroatoms. The van der Waals surface area contributed by atoms with E-state index in [-0.39, 0.29) is 23.6 Å². The Hall–Kier alpha value is -1.97. The summed E-state index contributed by atoms with van der Waals surface area (Å²) in [6, 6.07) is 10.0. The topological polar surface area (TPSA) is 97.4 Å². The summed E-state index contributed by atoms with van der Waals surface area (Å²) in [5, 5.41) is 2.03. The van der Waals surface area contributed by atoms with E-state index in [0.29, 0.717) is 11.4 Å². The lowest BCUT2D eigenvalue weighted by atomic mass is 10.1. The molecule has 0 aliphatic carbocycles. The van der Waals surface area contributed by atoms with E-state index in [4.69, 9.17) is 11.6 Å². The van der Waals surface area contributed by atoms with Crippen LogP contribution in [0.2, 0.25) is 5.02 Å². The lowest BCUT2D eigenvalue weighted by molar-refractivity contribution is 0.0950. The zero-order chi connectivity index (χ0) is 21.2. The van der Waals surface area contributed by atoms with Crippen LogP contribution in [0.15, 0.2) is 47.4 Å². The molecule has 0 spiro atoms. The van der Waals surface area contributed by atoms with E-state index in [1.807, 2.05) is 6.07 Å². The van der Waals surface area contributed by atoms with Gasteiger partial charge in [0.15, 0.2) is 19.7 Å². The third-order valence-corrected chi connectivity index (χ3v) is 9.13. The van der Waals surface area contributed by atoms with Crippen molar-refractivity contribution in [1.29, 1.82) is 0 Å². The predicted molar refractivity (Wildman–Crippen MR) is 108 cm³/mol. The van der Waals surface area contributed by atoms with E-state index in [2.05, 4.69) is 5.32 Å². The zero-order valence-electron chi connectivity index (χ0n) is 15.3. The van der Waals surface area contributed by atoms with Crippen LogP contribution in [-0.2, 0) is 26.1 Å². The van der Waals surface area contributed by atoms with Gasteiger partial charge in [0, 0.05) is 11.6 Å². The number of carbonyl (C=O) groups is 1. The Bertz CT molecular complexity index is 1150. The number of amides is 1. The van der Waals surface area contributed by atoms with Gasteiger partial charge in [0.1, 0.15) is 5.82 Å². The Morgan fingerprint density at radius 1 is 1.21 bits per heavy atom. The number of hydrogen-bond acceptors (Lipinski definition) is 5. The second-order valence-electron chi connectivity index (χ2n) is 6.85. The molecule has 1 amide bonds. The van der Waals surface area contributed by atoms with Crippen molar-refractivity contribution in [3.8, 4) is 0 Å². The Labute approximate surface area is 173 Å². The van der Waals surface area contributed by atoms with Crippen molar-refractivity contribution in [2.24, 2.45) is 0 Å². The fourth-order valence-electron chi connectivity index (χ4n) is 3.16. The maximum atomic E-state index is 14.1. The molecule has 6 nitrogen and oxygen atoms in total. The van der Waals surface area contributed by atoms with Crippen LogP contribution in [0.1, 0.15) is 22.3 Å². The van der Waals surface area contributed by atoms with E-state index in [0.717, 1.165) is 23.8 Å². The molecule has 1 saturated heterocycles. The van der Waals surface area contributed by atoms with Gasteiger partial charge in [-0.25, -0.2) is 21.2 Å². The summed E-state index contributed by atoms with van der Waals surface area (Å²) in [4.78, 5) is 12.1. The molecule has 29 heavy (non-hydrogen) atoms. The summed E-state index contributed by atoms with van der Waals surface area (Å²) >= 11 is 5.90. The minimum atomic E-state index is -3.99. The average molecular weight is 460 g/mol. The minimum absolute atomic E-state index is 0.0107. The van der Waals surface area contributed by atoms with E-state index >= 15 is 0 Å². The smallest absolute Gasteiger partial charge is 0.254 e. The van der Waals surface area contributed by atoms with Crippen LogP contribution in [0, 0.1) is 5.82 Å². The van der Waals surface area contributed by atoms with Crippen LogP contribution in [-0.4, -0.2) is 46.0 Å². The highest BCUT2D eigenvalue weighted by Gasteiger charge is 2.38. The maximum Gasteiger partial charge on any atom is 0.254 e. The predicted octanol–water partition coefficient (Wildman–Crippen LogP) is 2.41. The zero-order valence-corrected chi connectivity index (χ0v) is 17.7. The second kappa shape index (κ2) is 8.41. The van der Waals surface area contributed by atoms with Crippen molar-refractivity contribution in [3.05, 3.63) is 64.4 Å². The molecule has 156 valence electrons. The molecule has 0 radical (unpaired) electrons. The quantitative estimate of drug-likeness (QED) is 0.669. The van der Waals surface area contributed by atoms with Crippen molar-refractivity contribution in [2.75, 3.05) is 18.1 Å². The molecule has 1 aliphatic rings. The van der Waals surface area contributed by atoms with Crippen LogP contribution < -0.4 is 5.32 Å². The third kappa shape index (κ3) is 5.15. The molecule has 0 saturated carbocycles. The molecule has 2 aromatic rings. The first kappa shape index (κ1) is 21.7. The van der Waals surface area contributed by atoms with Gasteiger partial charge in [-0.3, -0.25) is 4.79 Å². The van der Waals surface area contributed by atoms with Crippen LogP contribution in [0.4, 0.5) is 4.39 Å². The van der Waals surface area contributed by atoms with Crippen LogP contribution in [0.5, 0.6) is 0 Å². The molecule has 1 heterocycles. The summed E-state index contributed by atoms with van der Waals surface area (Å²) in [5.41, 5.74) is 0.482. The highest BCUT2D eigenvalue weighted by atomic mass is 35.5. The summed E-state index contributed by atoms with van der Waals surface area (Å²) in [6.07, 6.45) is 0.453. The number of benzene rings is 2. The van der Waals surface area contributed by atoms with Gasteiger partial charge >= 0.3 is 0 Å². The third-order valence-electron chi connectivity index (χ3n) is 4.73. The molecule has 0 aromatic heterocycles. The van der Waals surface area contributed by atoms with Crippen LogP contribution in [0.3, 0.4) is 0 Å². The molecular weight excluding hydrogens is 441 g/mol. The molecular formula is C19H19ClFNO5S2. The number of sulfone groups is 2. The number of carbonyl (C=O) groups excluding carboxylic acids is 1. The molecule has 1 unspecified atom stereocenters. The molecule has 1 N–H and O–H groups in total. The second-order valence-corrected chi connectivity index (χ2v) is 11.7. The summed E-state index contributed by atoms with van der Waals surface area (Å²) in [5.74, 6) is -2.27. The van der Waals surface area contributed by atoms with Gasteiger partial charge in [-0.15, -0.1) is 0 Å². The Balaban J connectivity index is 1.73. The number of rotatable bonds is 6. The summed E-state index contributed by atoms with van der Waals surface area (Å²) in [7, 11) is -7.40. The SMILES string of the molecule is O=C(NCCc1cccc(Cl)c1)c1cc(S(=O)(=O)C2CCS(=O)(=O)C2)ccc1F. The maximum absolute atomic E-state index is 14.1. The summed E-state index contributed by atoms with van der Waals surface area (Å²) < 4.78 is 62.8. The highest BCUT2D eigenvalue weighted by molar-refractivity contribution is 7.96. The monoisotopic (exact) mass is 459 g/mol. The number of nitrogens with one attached hydrogen (secondary N) is 1. The lowest BCUT2D eigenvalue weighted by Gasteiger charge is -2.12. The van der Waals surface area contributed by atoms with Crippen LogP contribution in [0.25, 0.3) is 0 Å². The largest absolute Gasteiger partial charge is 0.352 e. The van der Waals surface area contributed by atoms with E-state index in [1.165, 1.54) is 0 Å².